The van der Waals surface area contributed by atoms with Gasteiger partial charge in [0.1, 0.15) is 0 Å². The number of rotatable bonds is 3. The molecule has 2 heterocycles. The van der Waals surface area contributed by atoms with E-state index in [9.17, 15) is 18.0 Å². The van der Waals surface area contributed by atoms with Crippen LogP contribution in [0, 0.1) is 12.8 Å². The maximum atomic E-state index is 13.2. The van der Waals surface area contributed by atoms with E-state index in [0.29, 0.717) is 30.1 Å². The van der Waals surface area contributed by atoms with Gasteiger partial charge in [-0.1, -0.05) is 47.5 Å². The van der Waals surface area contributed by atoms with Crippen LogP contribution in [0.2, 0.25) is 5.02 Å². The second-order valence-electron chi connectivity index (χ2n) is 8.23. The quantitative estimate of drug-likeness (QED) is 0.703. The average Bonchev–Trinajstić information content (AvgIpc) is 3.05. The van der Waals surface area contributed by atoms with Gasteiger partial charge in [0.25, 0.3) is 0 Å². The van der Waals surface area contributed by atoms with E-state index in [-0.39, 0.29) is 30.5 Å². The van der Waals surface area contributed by atoms with Crippen LogP contribution in [-0.4, -0.2) is 50.5 Å². The van der Waals surface area contributed by atoms with Crippen LogP contribution in [-0.2, 0) is 19.4 Å². The molecule has 2 aliphatic rings. The van der Waals surface area contributed by atoms with E-state index in [2.05, 4.69) is 0 Å². The largest absolute Gasteiger partial charge is 0.341 e. The standard InChI is InChI=1S/C23H25ClN2O4S/c1-16-6-8-18(9-7-16)26-15-17(14-22(26)27)23(28)25-11-10-21(31(29,30)13-12-25)19-4-2-3-5-20(19)24/h2-9,17,21H,10-15H2,1H3. The Morgan fingerprint density at radius 2 is 1.77 bits per heavy atom. The van der Waals surface area contributed by atoms with Crippen molar-refractivity contribution in [3.8, 4) is 0 Å². The van der Waals surface area contributed by atoms with Gasteiger partial charge in [0.15, 0.2) is 9.84 Å². The molecule has 0 spiro atoms. The fourth-order valence-corrected chi connectivity index (χ4v) is 6.50. The molecule has 2 aromatic carbocycles. The van der Waals surface area contributed by atoms with Crippen molar-refractivity contribution in [3.05, 3.63) is 64.7 Å². The Hall–Kier alpha value is -2.38. The summed E-state index contributed by atoms with van der Waals surface area (Å²) in [5, 5.41) is -0.306. The third-order valence-electron chi connectivity index (χ3n) is 6.12. The van der Waals surface area contributed by atoms with E-state index in [0.717, 1.165) is 11.3 Å². The molecule has 164 valence electrons. The molecular formula is C23H25ClN2O4S. The van der Waals surface area contributed by atoms with Crippen LogP contribution >= 0.6 is 11.6 Å². The third kappa shape index (κ3) is 4.48. The Morgan fingerprint density at radius 3 is 2.48 bits per heavy atom. The van der Waals surface area contributed by atoms with Gasteiger partial charge in [-0.2, -0.15) is 0 Å². The van der Waals surface area contributed by atoms with Gasteiger partial charge in [-0.05, 0) is 37.1 Å². The van der Waals surface area contributed by atoms with Gasteiger partial charge >= 0.3 is 0 Å². The highest BCUT2D eigenvalue weighted by Crippen LogP contribution is 2.34. The summed E-state index contributed by atoms with van der Waals surface area (Å²) in [6.45, 7) is 2.75. The van der Waals surface area contributed by atoms with Crippen LogP contribution in [0.5, 0.6) is 0 Å². The molecule has 2 saturated heterocycles. The molecule has 2 aliphatic heterocycles. The monoisotopic (exact) mass is 460 g/mol. The van der Waals surface area contributed by atoms with Gasteiger partial charge in [-0.25, -0.2) is 8.42 Å². The lowest BCUT2D eigenvalue weighted by Gasteiger charge is -2.24. The van der Waals surface area contributed by atoms with Crippen molar-refractivity contribution in [2.75, 3.05) is 30.3 Å². The molecule has 4 rings (SSSR count). The van der Waals surface area contributed by atoms with Crippen molar-refractivity contribution in [2.24, 2.45) is 5.92 Å². The molecule has 6 nitrogen and oxygen atoms in total. The SMILES string of the molecule is Cc1ccc(N2CC(C(=O)N3CCC(c4ccccc4Cl)S(=O)(=O)CC3)CC2=O)cc1. The molecule has 0 aliphatic carbocycles. The van der Waals surface area contributed by atoms with Gasteiger partial charge < -0.3 is 9.80 Å². The molecule has 31 heavy (non-hydrogen) atoms. The minimum atomic E-state index is -3.45. The number of anilines is 1. The van der Waals surface area contributed by atoms with Gasteiger partial charge in [0, 0.05) is 36.8 Å². The minimum Gasteiger partial charge on any atom is -0.341 e. The lowest BCUT2D eigenvalue weighted by Crippen LogP contribution is -2.39. The normalized spacial score (nSPS) is 23.6. The maximum Gasteiger partial charge on any atom is 0.228 e. The number of hydrogen-bond donors (Lipinski definition) is 0. The van der Waals surface area contributed by atoms with Gasteiger partial charge in [0.2, 0.25) is 11.8 Å². The summed E-state index contributed by atoms with van der Waals surface area (Å²) in [4.78, 5) is 29.0. The number of nitrogens with zero attached hydrogens (tertiary/aromatic N) is 2. The molecule has 0 aromatic heterocycles. The highest BCUT2D eigenvalue weighted by atomic mass is 35.5. The van der Waals surface area contributed by atoms with Crippen molar-refractivity contribution in [1.29, 1.82) is 0 Å². The van der Waals surface area contributed by atoms with Crippen LogP contribution < -0.4 is 4.90 Å². The van der Waals surface area contributed by atoms with Crippen molar-refractivity contribution in [2.45, 2.75) is 25.0 Å². The van der Waals surface area contributed by atoms with Crippen LogP contribution in [0.15, 0.2) is 48.5 Å². The Labute approximate surface area is 187 Å². The van der Waals surface area contributed by atoms with E-state index in [1.54, 1.807) is 34.1 Å². The first kappa shape index (κ1) is 21.8. The smallest absolute Gasteiger partial charge is 0.228 e. The van der Waals surface area contributed by atoms with Crippen molar-refractivity contribution in [3.63, 3.8) is 0 Å². The van der Waals surface area contributed by atoms with E-state index in [4.69, 9.17) is 11.6 Å². The topological polar surface area (TPSA) is 74.8 Å². The summed E-state index contributed by atoms with van der Waals surface area (Å²) in [5.74, 6) is -0.818. The number of amides is 2. The zero-order chi connectivity index (χ0) is 22.2. The van der Waals surface area contributed by atoms with Crippen LogP contribution in [0.4, 0.5) is 5.69 Å². The van der Waals surface area contributed by atoms with Crippen molar-refractivity contribution >= 4 is 38.9 Å². The third-order valence-corrected chi connectivity index (χ3v) is 8.58. The maximum absolute atomic E-state index is 13.2. The second-order valence-corrected chi connectivity index (χ2v) is 10.9. The fraction of sp³-hybridized carbons (Fsp3) is 0.391. The van der Waals surface area contributed by atoms with Gasteiger partial charge in [-0.15, -0.1) is 0 Å². The zero-order valence-corrected chi connectivity index (χ0v) is 18.9. The van der Waals surface area contributed by atoms with Crippen LogP contribution in [0.1, 0.15) is 29.2 Å². The van der Waals surface area contributed by atoms with E-state index in [1.165, 1.54) is 0 Å². The van der Waals surface area contributed by atoms with E-state index >= 15 is 0 Å². The summed E-state index contributed by atoms with van der Waals surface area (Å²) in [5.41, 5.74) is 2.46. The molecule has 8 heteroatoms. The Balaban J connectivity index is 1.48. The van der Waals surface area contributed by atoms with Crippen molar-refractivity contribution < 1.29 is 18.0 Å². The number of hydrogen-bond acceptors (Lipinski definition) is 4. The number of benzene rings is 2. The summed E-state index contributed by atoms with van der Waals surface area (Å²) >= 11 is 6.25. The molecule has 0 radical (unpaired) electrons. The molecule has 2 atom stereocenters. The molecule has 0 saturated carbocycles. The van der Waals surface area contributed by atoms with E-state index < -0.39 is 21.0 Å². The first-order valence-electron chi connectivity index (χ1n) is 10.4. The number of carbonyl (C=O) groups excluding carboxylic acids is 2. The fourth-order valence-electron chi connectivity index (χ4n) is 4.36. The lowest BCUT2D eigenvalue weighted by atomic mass is 10.1. The van der Waals surface area contributed by atoms with Crippen LogP contribution in [0.3, 0.4) is 0 Å². The summed E-state index contributed by atoms with van der Waals surface area (Å²) < 4.78 is 25.8. The highest BCUT2D eigenvalue weighted by molar-refractivity contribution is 7.91. The predicted molar refractivity (Wildman–Crippen MR) is 121 cm³/mol. The Bertz CT molecular complexity index is 1100. The molecule has 2 amide bonds. The highest BCUT2D eigenvalue weighted by Gasteiger charge is 2.40. The molecule has 0 N–H and O–H groups in total. The zero-order valence-electron chi connectivity index (χ0n) is 17.3. The molecule has 2 unspecified atom stereocenters. The van der Waals surface area contributed by atoms with E-state index in [1.807, 2.05) is 31.2 Å². The number of halogens is 1. The average molecular weight is 461 g/mol. The predicted octanol–water partition coefficient (Wildman–Crippen LogP) is 3.39. The first-order valence-corrected chi connectivity index (χ1v) is 12.5. The Morgan fingerprint density at radius 1 is 1.06 bits per heavy atom. The summed E-state index contributed by atoms with van der Waals surface area (Å²) in [6, 6.07) is 14.6. The van der Waals surface area contributed by atoms with Crippen molar-refractivity contribution in [1.82, 2.24) is 4.90 Å². The van der Waals surface area contributed by atoms with Gasteiger partial charge in [-0.3, -0.25) is 9.59 Å². The van der Waals surface area contributed by atoms with Crippen LogP contribution in [0.25, 0.3) is 0 Å². The summed E-state index contributed by atoms with van der Waals surface area (Å²) in [7, 11) is -3.45. The molecule has 0 bridgehead atoms. The summed E-state index contributed by atoms with van der Waals surface area (Å²) in [6.07, 6.45) is 0.435. The molecule has 2 fully saturated rings. The first-order chi connectivity index (χ1) is 14.8. The number of aryl methyl sites for hydroxylation is 1. The second kappa shape index (κ2) is 8.63. The molecular weight excluding hydrogens is 436 g/mol. The Kier molecular flexibility index (Phi) is 6.08. The van der Waals surface area contributed by atoms with Gasteiger partial charge in [0.05, 0.1) is 16.9 Å². The minimum absolute atomic E-state index is 0.0846. The molecule has 2 aromatic rings. The number of carbonyl (C=O) groups is 2. The number of sulfone groups is 1. The lowest BCUT2D eigenvalue weighted by molar-refractivity contribution is -0.135.